The van der Waals surface area contributed by atoms with Crippen LogP contribution in [0.15, 0.2) is 6.58 Å². The number of nitrogens with zero attached hydrogens (tertiary/aromatic N) is 2. The second kappa shape index (κ2) is 4.13. The van der Waals surface area contributed by atoms with Gasteiger partial charge >= 0.3 is 5.97 Å². The van der Waals surface area contributed by atoms with Gasteiger partial charge in [-0.05, 0) is 25.4 Å². The molecule has 1 heterocycles. The number of aryl methyl sites for hydroxylation is 1. The van der Waals surface area contributed by atoms with Crippen LogP contribution in [0, 0.1) is 6.92 Å². The van der Waals surface area contributed by atoms with Crippen molar-refractivity contribution < 1.29 is 9.53 Å². The Morgan fingerprint density at radius 2 is 2.38 bits per heavy atom. The van der Waals surface area contributed by atoms with Gasteiger partial charge in [-0.1, -0.05) is 6.58 Å². The summed E-state index contributed by atoms with van der Waals surface area (Å²) in [7, 11) is 0. The molecule has 0 radical (unpaired) electrons. The normalized spacial score (nSPS) is 9.69. The van der Waals surface area contributed by atoms with Gasteiger partial charge in [-0.3, -0.25) is 0 Å². The highest BCUT2D eigenvalue weighted by molar-refractivity contribution is 7.07. The van der Waals surface area contributed by atoms with E-state index in [9.17, 15) is 4.79 Å². The van der Waals surface area contributed by atoms with E-state index in [4.69, 9.17) is 4.74 Å². The summed E-state index contributed by atoms with van der Waals surface area (Å²) in [5.41, 5.74) is 0.271. The van der Waals surface area contributed by atoms with E-state index in [1.54, 1.807) is 13.8 Å². The summed E-state index contributed by atoms with van der Waals surface area (Å²) in [4.78, 5) is 15.2. The van der Waals surface area contributed by atoms with Crippen molar-refractivity contribution in [2.75, 3.05) is 6.61 Å². The van der Waals surface area contributed by atoms with E-state index < -0.39 is 5.97 Å². The zero-order valence-corrected chi connectivity index (χ0v) is 8.35. The molecule has 4 nitrogen and oxygen atoms in total. The Morgan fingerprint density at radius 3 is 2.85 bits per heavy atom. The van der Waals surface area contributed by atoms with E-state index >= 15 is 0 Å². The zero-order chi connectivity index (χ0) is 9.84. The van der Waals surface area contributed by atoms with Gasteiger partial charge in [-0.2, -0.15) is 4.37 Å². The molecule has 0 fully saturated rings. The molecule has 1 aromatic heterocycles. The molecule has 0 saturated carbocycles. The van der Waals surface area contributed by atoms with Crippen LogP contribution in [0.25, 0.3) is 5.57 Å². The number of ether oxygens (including phenoxy) is 1. The maximum atomic E-state index is 11.2. The highest BCUT2D eigenvalue weighted by Gasteiger charge is 2.13. The lowest BCUT2D eigenvalue weighted by Crippen LogP contribution is -2.05. The van der Waals surface area contributed by atoms with E-state index in [1.807, 2.05) is 0 Å². The van der Waals surface area contributed by atoms with E-state index in [-0.39, 0.29) is 5.57 Å². The van der Waals surface area contributed by atoms with Crippen molar-refractivity contribution in [2.45, 2.75) is 13.8 Å². The summed E-state index contributed by atoms with van der Waals surface area (Å²) in [6.45, 7) is 7.44. The Kier molecular flexibility index (Phi) is 3.13. The van der Waals surface area contributed by atoms with Gasteiger partial charge in [0.15, 0.2) is 5.01 Å². The Bertz CT molecular complexity index is 333. The number of esters is 1. The summed E-state index contributed by atoms with van der Waals surface area (Å²) in [6.07, 6.45) is 0. The minimum atomic E-state index is -0.432. The van der Waals surface area contributed by atoms with Crippen LogP contribution in [0.1, 0.15) is 17.8 Å². The second-order valence-corrected chi connectivity index (χ2v) is 3.10. The molecule has 0 aliphatic heterocycles. The predicted molar refractivity (Wildman–Crippen MR) is 50.3 cm³/mol. The van der Waals surface area contributed by atoms with Crippen LogP contribution in [0.5, 0.6) is 0 Å². The van der Waals surface area contributed by atoms with Crippen LogP contribution in [-0.4, -0.2) is 21.9 Å². The molecular formula is C8H10N2O2S. The van der Waals surface area contributed by atoms with Crippen molar-refractivity contribution in [1.29, 1.82) is 0 Å². The summed E-state index contributed by atoms with van der Waals surface area (Å²) in [5, 5.41) is 0.524. The van der Waals surface area contributed by atoms with Crippen molar-refractivity contribution in [1.82, 2.24) is 9.36 Å². The number of hydrogen-bond donors (Lipinski definition) is 0. The molecule has 0 bridgehead atoms. The highest BCUT2D eigenvalue weighted by atomic mass is 32.1. The van der Waals surface area contributed by atoms with Crippen molar-refractivity contribution >= 4 is 23.1 Å². The Balaban J connectivity index is 2.73. The lowest BCUT2D eigenvalue weighted by molar-refractivity contribution is -0.136. The zero-order valence-electron chi connectivity index (χ0n) is 7.53. The van der Waals surface area contributed by atoms with Gasteiger partial charge in [0.2, 0.25) is 0 Å². The number of rotatable bonds is 3. The van der Waals surface area contributed by atoms with Crippen LogP contribution < -0.4 is 0 Å². The maximum Gasteiger partial charge on any atom is 0.340 e. The van der Waals surface area contributed by atoms with Crippen LogP contribution >= 0.6 is 11.5 Å². The first-order valence-corrected chi connectivity index (χ1v) is 4.59. The fraction of sp³-hybridized carbons (Fsp3) is 0.375. The highest BCUT2D eigenvalue weighted by Crippen LogP contribution is 2.15. The number of carbonyl (C=O) groups excluding carboxylic acids is 1. The molecule has 0 unspecified atom stereocenters. The number of hydrogen-bond acceptors (Lipinski definition) is 5. The third kappa shape index (κ3) is 2.35. The molecular weight excluding hydrogens is 188 g/mol. The van der Waals surface area contributed by atoms with Gasteiger partial charge in [0.25, 0.3) is 0 Å². The van der Waals surface area contributed by atoms with Crippen molar-refractivity contribution in [3.8, 4) is 0 Å². The molecule has 0 amide bonds. The van der Waals surface area contributed by atoms with Gasteiger partial charge in [0, 0.05) is 0 Å². The van der Waals surface area contributed by atoms with Gasteiger partial charge in [-0.25, -0.2) is 9.78 Å². The molecule has 0 N–H and O–H groups in total. The Labute approximate surface area is 80.4 Å². The van der Waals surface area contributed by atoms with Crippen molar-refractivity contribution in [3.63, 3.8) is 0 Å². The quantitative estimate of drug-likeness (QED) is 0.544. The molecule has 5 heteroatoms. The summed E-state index contributed by atoms with van der Waals surface area (Å²) in [5.74, 6) is 0.212. The third-order valence-electron chi connectivity index (χ3n) is 1.31. The first-order valence-electron chi connectivity index (χ1n) is 3.82. The first-order chi connectivity index (χ1) is 6.15. The van der Waals surface area contributed by atoms with Gasteiger partial charge in [0.1, 0.15) is 5.82 Å². The molecule has 0 spiro atoms. The van der Waals surface area contributed by atoms with E-state index in [0.717, 1.165) is 11.5 Å². The lowest BCUT2D eigenvalue weighted by Gasteiger charge is -2.00. The van der Waals surface area contributed by atoms with Crippen LogP contribution in [0.4, 0.5) is 0 Å². The first kappa shape index (κ1) is 9.85. The fourth-order valence-electron chi connectivity index (χ4n) is 0.725. The van der Waals surface area contributed by atoms with E-state index in [0.29, 0.717) is 17.4 Å². The minimum absolute atomic E-state index is 0.271. The standard InChI is InChI=1S/C8H10N2O2S/c1-4-12-8(11)5(2)7-9-6(3)10-13-7/h2,4H2,1,3H3. The van der Waals surface area contributed by atoms with Crippen LogP contribution in [0.2, 0.25) is 0 Å². The molecule has 13 heavy (non-hydrogen) atoms. The number of carbonyl (C=O) groups is 1. The smallest absolute Gasteiger partial charge is 0.340 e. The summed E-state index contributed by atoms with van der Waals surface area (Å²) in [6, 6.07) is 0. The Hall–Kier alpha value is -1.23. The number of aromatic nitrogens is 2. The van der Waals surface area contributed by atoms with E-state index in [1.165, 1.54) is 0 Å². The summed E-state index contributed by atoms with van der Waals surface area (Å²) >= 11 is 1.15. The molecule has 1 rings (SSSR count). The lowest BCUT2D eigenvalue weighted by atomic mass is 10.3. The van der Waals surface area contributed by atoms with E-state index in [2.05, 4.69) is 15.9 Å². The minimum Gasteiger partial charge on any atom is -0.462 e. The average Bonchev–Trinajstić information content (AvgIpc) is 2.51. The van der Waals surface area contributed by atoms with Crippen LogP contribution in [-0.2, 0) is 9.53 Å². The van der Waals surface area contributed by atoms with Crippen molar-refractivity contribution in [3.05, 3.63) is 17.4 Å². The van der Waals surface area contributed by atoms with Gasteiger partial charge in [-0.15, -0.1) is 0 Å². The largest absolute Gasteiger partial charge is 0.462 e. The molecule has 0 atom stereocenters. The maximum absolute atomic E-state index is 11.2. The Morgan fingerprint density at radius 1 is 1.69 bits per heavy atom. The average molecular weight is 198 g/mol. The molecule has 0 saturated heterocycles. The van der Waals surface area contributed by atoms with Gasteiger partial charge < -0.3 is 4.74 Å². The molecule has 0 aliphatic carbocycles. The molecule has 0 aromatic carbocycles. The second-order valence-electron chi connectivity index (χ2n) is 2.35. The van der Waals surface area contributed by atoms with Gasteiger partial charge in [0.05, 0.1) is 12.2 Å². The topological polar surface area (TPSA) is 52.1 Å². The molecule has 0 aliphatic rings. The summed E-state index contributed by atoms with van der Waals surface area (Å²) < 4.78 is 8.71. The third-order valence-corrected chi connectivity index (χ3v) is 2.17. The van der Waals surface area contributed by atoms with Crippen molar-refractivity contribution in [2.24, 2.45) is 0 Å². The van der Waals surface area contributed by atoms with Crippen LogP contribution in [0.3, 0.4) is 0 Å². The SMILES string of the molecule is C=C(C(=O)OCC)c1nc(C)ns1. The predicted octanol–water partition coefficient (Wildman–Crippen LogP) is 1.42. The molecule has 70 valence electrons. The fourth-order valence-corrected chi connectivity index (χ4v) is 1.35. The monoisotopic (exact) mass is 198 g/mol. The molecule has 1 aromatic rings.